The van der Waals surface area contributed by atoms with Gasteiger partial charge in [0.05, 0.1) is 6.61 Å². The topological polar surface area (TPSA) is 21.3 Å². The summed E-state index contributed by atoms with van der Waals surface area (Å²) in [5, 5.41) is 3.66. The molecule has 1 aliphatic rings. The molecule has 0 radical (unpaired) electrons. The zero-order chi connectivity index (χ0) is 13.5. The maximum absolute atomic E-state index is 5.74. The van der Waals surface area contributed by atoms with Gasteiger partial charge in [-0.05, 0) is 37.4 Å². The Kier molecular flexibility index (Phi) is 5.30. The van der Waals surface area contributed by atoms with Crippen molar-refractivity contribution in [2.75, 3.05) is 13.2 Å². The minimum absolute atomic E-state index is 0.459. The smallest absolute Gasteiger partial charge is 0.122 e. The highest BCUT2D eigenvalue weighted by Gasteiger charge is 2.27. The quantitative estimate of drug-likeness (QED) is 0.789. The van der Waals surface area contributed by atoms with Crippen molar-refractivity contribution in [2.45, 2.75) is 44.6 Å². The van der Waals surface area contributed by atoms with Gasteiger partial charge in [0.25, 0.3) is 0 Å². The molecule has 1 aromatic rings. The highest BCUT2D eigenvalue weighted by Crippen LogP contribution is 2.36. The van der Waals surface area contributed by atoms with Gasteiger partial charge >= 0.3 is 0 Å². The average Bonchev–Trinajstić information content (AvgIpc) is 2.47. The summed E-state index contributed by atoms with van der Waals surface area (Å²) in [6.07, 6.45) is 9.52. The first-order valence-electron chi connectivity index (χ1n) is 7.25. The fourth-order valence-corrected chi connectivity index (χ4v) is 2.80. The van der Waals surface area contributed by atoms with E-state index in [0.29, 0.717) is 12.0 Å². The van der Waals surface area contributed by atoms with E-state index in [1.165, 1.54) is 5.56 Å². The van der Waals surface area contributed by atoms with Crippen molar-refractivity contribution in [1.82, 2.24) is 5.32 Å². The zero-order valence-electron chi connectivity index (χ0n) is 11.7. The second kappa shape index (κ2) is 7.21. The van der Waals surface area contributed by atoms with Crippen LogP contribution in [0.25, 0.3) is 0 Å². The zero-order valence-corrected chi connectivity index (χ0v) is 11.7. The number of ether oxygens (including phenoxy) is 1. The summed E-state index contributed by atoms with van der Waals surface area (Å²) in [7, 11) is 0. The summed E-state index contributed by atoms with van der Waals surface area (Å²) in [6.45, 7) is 4.06. The van der Waals surface area contributed by atoms with E-state index in [1.54, 1.807) is 0 Å². The van der Waals surface area contributed by atoms with Crippen LogP contribution in [-0.2, 0) is 0 Å². The molecule has 0 bridgehead atoms. The fourth-order valence-electron chi connectivity index (χ4n) is 2.80. The number of para-hydroxylation sites is 1. The number of hydrogen-bond acceptors (Lipinski definition) is 2. The Morgan fingerprint density at radius 1 is 1.47 bits per heavy atom. The number of benzene rings is 1. The first kappa shape index (κ1) is 14.0. The Labute approximate surface area is 116 Å². The molecule has 2 nitrogen and oxygen atoms in total. The van der Waals surface area contributed by atoms with Crippen molar-refractivity contribution in [3.8, 4) is 18.1 Å². The van der Waals surface area contributed by atoms with E-state index >= 15 is 0 Å². The summed E-state index contributed by atoms with van der Waals surface area (Å²) < 4.78 is 5.74. The first-order valence-corrected chi connectivity index (χ1v) is 7.25. The van der Waals surface area contributed by atoms with Crippen molar-refractivity contribution >= 4 is 0 Å². The third-order valence-corrected chi connectivity index (χ3v) is 3.75. The maximum atomic E-state index is 5.74. The van der Waals surface area contributed by atoms with Crippen LogP contribution in [0, 0.1) is 12.3 Å². The van der Waals surface area contributed by atoms with Gasteiger partial charge in [0.15, 0.2) is 0 Å². The van der Waals surface area contributed by atoms with Crippen LogP contribution in [0.15, 0.2) is 24.3 Å². The molecule has 0 saturated heterocycles. The van der Waals surface area contributed by atoms with Crippen LogP contribution in [0.3, 0.4) is 0 Å². The van der Waals surface area contributed by atoms with Crippen LogP contribution in [0.2, 0.25) is 0 Å². The monoisotopic (exact) mass is 257 g/mol. The number of rotatable bonds is 6. The predicted molar refractivity (Wildman–Crippen MR) is 79.4 cm³/mol. The Morgan fingerprint density at radius 3 is 3.11 bits per heavy atom. The highest BCUT2D eigenvalue weighted by atomic mass is 16.5. The van der Waals surface area contributed by atoms with E-state index < -0.39 is 0 Å². The van der Waals surface area contributed by atoms with Gasteiger partial charge < -0.3 is 10.1 Å². The van der Waals surface area contributed by atoms with Gasteiger partial charge in [-0.25, -0.2) is 0 Å². The SMILES string of the molecule is C#CCCC(NCCC)C1CCOc2ccccc21. The molecule has 0 aromatic heterocycles. The van der Waals surface area contributed by atoms with Crippen LogP contribution >= 0.6 is 0 Å². The molecule has 0 aliphatic carbocycles. The van der Waals surface area contributed by atoms with E-state index in [1.807, 2.05) is 6.07 Å². The second-order valence-corrected chi connectivity index (χ2v) is 5.08. The van der Waals surface area contributed by atoms with E-state index in [-0.39, 0.29) is 0 Å². The van der Waals surface area contributed by atoms with Crippen LogP contribution in [0.5, 0.6) is 5.75 Å². The van der Waals surface area contributed by atoms with Crippen LogP contribution in [0.4, 0.5) is 0 Å². The van der Waals surface area contributed by atoms with Gasteiger partial charge in [0, 0.05) is 18.4 Å². The predicted octanol–water partition coefficient (Wildman–Crippen LogP) is 3.33. The van der Waals surface area contributed by atoms with Gasteiger partial charge in [-0.1, -0.05) is 25.1 Å². The largest absolute Gasteiger partial charge is 0.493 e. The minimum Gasteiger partial charge on any atom is -0.493 e. The van der Waals surface area contributed by atoms with Gasteiger partial charge in [0.2, 0.25) is 0 Å². The fraction of sp³-hybridized carbons (Fsp3) is 0.529. The molecule has 1 aliphatic heterocycles. The van der Waals surface area contributed by atoms with Gasteiger partial charge in [-0.2, -0.15) is 0 Å². The molecule has 1 heterocycles. The Bertz CT molecular complexity index is 435. The van der Waals surface area contributed by atoms with Crippen molar-refractivity contribution in [3.63, 3.8) is 0 Å². The lowest BCUT2D eigenvalue weighted by Crippen LogP contribution is -2.37. The minimum atomic E-state index is 0.459. The van der Waals surface area contributed by atoms with Gasteiger partial charge in [-0.3, -0.25) is 0 Å². The maximum Gasteiger partial charge on any atom is 0.122 e. The Morgan fingerprint density at radius 2 is 2.32 bits per heavy atom. The molecule has 2 heteroatoms. The van der Waals surface area contributed by atoms with E-state index in [4.69, 9.17) is 11.2 Å². The third kappa shape index (κ3) is 3.52. The van der Waals surface area contributed by atoms with E-state index in [0.717, 1.165) is 44.6 Å². The molecule has 2 atom stereocenters. The molecule has 1 aromatic carbocycles. The summed E-state index contributed by atoms with van der Waals surface area (Å²) in [5.74, 6) is 4.33. The molecule has 2 unspecified atom stereocenters. The standard InChI is InChI=1S/C17H23NO/c1-3-5-9-16(18-12-4-2)14-11-13-19-17-10-7-6-8-15(14)17/h1,6-8,10,14,16,18H,4-5,9,11-13H2,2H3. The Hall–Kier alpha value is -1.46. The third-order valence-electron chi connectivity index (χ3n) is 3.75. The number of nitrogens with one attached hydrogen (secondary N) is 1. The number of fused-ring (bicyclic) bond motifs is 1. The summed E-state index contributed by atoms with van der Waals surface area (Å²) >= 11 is 0. The van der Waals surface area contributed by atoms with E-state index in [2.05, 4.69) is 36.4 Å². The molecular formula is C17H23NO. The van der Waals surface area contributed by atoms with Gasteiger partial charge in [0.1, 0.15) is 5.75 Å². The van der Waals surface area contributed by atoms with Crippen molar-refractivity contribution < 1.29 is 4.74 Å². The first-order chi connectivity index (χ1) is 9.36. The number of terminal acetylenes is 1. The van der Waals surface area contributed by atoms with E-state index in [9.17, 15) is 0 Å². The molecule has 2 rings (SSSR count). The molecule has 102 valence electrons. The highest BCUT2D eigenvalue weighted by molar-refractivity contribution is 5.38. The molecule has 1 N–H and O–H groups in total. The van der Waals surface area contributed by atoms with Crippen molar-refractivity contribution in [1.29, 1.82) is 0 Å². The lowest BCUT2D eigenvalue weighted by molar-refractivity contribution is 0.242. The number of hydrogen-bond donors (Lipinski definition) is 1. The summed E-state index contributed by atoms with van der Waals surface area (Å²) in [5.41, 5.74) is 1.33. The molecular weight excluding hydrogens is 234 g/mol. The molecule has 0 spiro atoms. The average molecular weight is 257 g/mol. The molecule has 19 heavy (non-hydrogen) atoms. The van der Waals surface area contributed by atoms with Crippen molar-refractivity contribution in [2.24, 2.45) is 0 Å². The second-order valence-electron chi connectivity index (χ2n) is 5.08. The molecule has 0 fully saturated rings. The summed E-state index contributed by atoms with van der Waals surface area (Å²) in [4.78, 5) is 0. The lowest BCUT2D eigenvalue weighted by atomic mass is 9.84. The van der Waals surface area contributed by atoms with Gasteiger partial charge in [-0.15, -0.1) is 12.3 Å². The van der Waals surface area contributed by atoms with Crippen molar-refractivity contribution in [3.05, 3.63) is 29.8 Å². The van der Waals surface area contributed by atoms with Crippen LogP contribution in [-0.4, -0.2) is 19.2 Å². The van der Waals surface area contributed by atoms with Crippen LogP contribution in [0.1, 0.15) is 44.1 Å². The Balaban J connectivity index is 2.15. The normalized spacial score (nSPS) is 19.1. The molecule has 0 saturated carbocycles. The lowest BCUT2D eigenvalue weighted by Gasteiger charge is -2.33. The molecule has 0 amide bonds. The summed E-state index contributed by atoms with van der Waals surface area (Å²) in [6, 6.07) is 8.85. The van der Waals surface area contributed by atoms with Crippen LogP contribution < -0.4 is 10.1 Å².